The van der Waals surface area contributed by atoms with E-state index >= 15 is 0 Å². The third-order valence-electron chi connectivity index (χ3n) is 5.07. The summed E-state index contributed by atoms with van der Waals surface area (Å²) < 4.78 is 0. The number of aromatic nitrogens is 1. The smallest absolute Gasteiger partial charge is 0.357 e. The molecule has 5 heteroatoms. The lowest BCUT2D eigenvalue weighted by Gasteiger charge is -2.10. The van der Waals surface area contributed by atoms with Crippen LogP contribution in [0, 0.1) is 13.8 Å². The second kappa shape index (κ2) is 8.71. The van der Waals surface area contributed by atoms with Crippen LogP contribution >= 0.6 is 0 Å². The van der Waals surface area contributed by atoms with E-state index in [1.807, 2.05) is 74.5 Å². The summed E-state index contributed by atoms with van der Waals surface area (Å²) in [4.78, 5) is 33.9. The number of hydrogen-bond donors (Lipinski definition) is 2. The molecule has 0 unspecified atom stereocenters. The van der Waals surface area contributed by atoms with Crippen LogP contribution in [-0.2, 0) is 4.84 Å². The fourth-order valence-corrected chi connectivity index (χ4v) is 3.50. The first-order chi connectivity index (χ1) is 15.0. The molecule has 0 atom stereocenters. The van der Waals surface area contributed by atoms with Crippen LogP contribution in [0.5, 0.6) is 0 Å². The molecule has 5 nitrogen and oxygen atoms in total. The summed E-state index contributed by atoms with van der Waals surface area (Å²) in [6, 6.07) is 26.3. The van der Waals surface area contributed by atoms with E-state index in [1.165, 1.54) is 0 Å². The molecule has 1 heterocycles. The minimum atomic E-state index is -0.629. The number of benzene rings is 3. The number of carbonyl (C=O) groups excluding carboxylic acids is 2. The number of aromatic amines is 1. The van der Waals surface area contributed by atoms with Crippen LogP contribution in [0.3, 0.4) is 0 Å². The molecule has 0 fully saturated rings. The first kappa shape index (κ1) is 20.2. The van der Waals surface area contributed by atoms with E-state index in [1.54, 1.807) is 24.3 Å². The van der Waals surface area contributed by atoms with Crippen molar-refractivity contribution in [2.24, 2.45) is 0 Å². The number of hydroxylamine groups is 1. The SMILES string of the molecule is Cc1ccc(-c2c(-c3ccccc3)[nH]c(C)c2C(=O)ONC(=O)c2ccccc2)cc1. The maximum Gasteiger partial charge on any atom is 0.365 e. The fourth-order valence-electron chi connectivity index (χ4n) is 3.50. The monoisotopic (exact) mass is 410 g/mol. The summed E-state index contributed by atoms with van der Waals surface area (Å²) in [6.45, 7) is 3.83. The number of amides is 1. The van der Waals surface area contributed by atoms with Crippen molar-refractivity contribution >= 4 is 11.9 Å². The molecule has 0 aliphatic carbocycles. The van der Waals surface area contributed by atoms with Crippen LogP contribution in [0.25, 0.3) is 22.4 Å². The molecule has 0 saturated heterocycles. The molecule has 1 amide bonds. The molecule has 3 aromatic carbocycles. The first-order valence-electron chi connectivity index (χ1n) is 9.96. The summed E-state index contributed by atoms with van der Waals surface area (Å²) in [5.41, 5.74) is 8.23. The number of H-pyrrole nitrogens is 1. The van der Waals surface area contributed by atoms with Gasteiger partial charge in [-0.3, -0.25) is 4.79 Å². The first-order valence-corrected chi connectivity index (χ1v) is 9.96. The zero-order chi connectivity index (χ0) is 21.8. The molecular weight excluding hydrogens is 388 g/mol. The largest absolute Gasteiger partial charge is 0.365 e. The van der Waals surface area contributed by atoms with Crippen LogP contribution in [0.15, 0.2) is 84.9 Å². The standard InChI is InChI=1S/C26H22N2O3/c1-17-13-15-19(16-14-17)23-22(18(2)27-24(23)20-9-5-3-6-10-20)26(30)31-28-25(29)21-11-7-4-8-12-21/h3-16,27H,1-2H3,(H,28,29). The van der Waals surface area contributed by atoms with Crippen molar-refractivity contribution in [1.29, 1.82) is 0 Å². The number of carbonyl (C=O) groups is 2. The molecule has 4 rings (SSSR count). The highest BCUT2D eigenvalue weighted by Gasteiger charge is 2.25. The van der Waals surface area contributed by atoms with Crippen molar-refractivity contribution in [1.82, 2.24) is 10.5 Å². The van der Waals surface area contributed by atoms with Crippen molar-refractivity contribution in [2.75, 3.05) is 0 Å². The van der Waals surface area contributed by atoms with Crippen molar-refractivity contribution in [3.05, 3.63) is 107 Å². The van der Waals surface area contributed by atoms with Crippen molar-refractivity contribution in [3.63, 3.8) is 0 Å². The lowest BCUT2D eigenvalue weighted by atomic mass is 9.96. The predicted octanol–water partition coefficient (Wildman–Crippen LogP) is 5.47. The van der Waals surface area contributed by atoms with Crippen molar-refractivity contribution in [2.45, 2.75) is 13.8 Å². The number of hydrogen-bond acceptors (Lipinski definition) is 3. The molecule has 2 N–H and O–H groups in total. The van der Waals surface area contributed by atoms with E-state index in [4.69, 9.17) is 4.84 Å². The Bertz CT molecular complexity index is 1210. The molecular formula is C26H22N2O3. The van der Waals surface area contributed by atoms with Crippen LogP contribution in [-0.4, -0.2) is 16.9 Å². The summed E-state index contributed by atoms with van der Waals surface area (Å²) in [5, 5.41) is 0. The summed E-state index contributed by atoms with van der Waals surface area (Å²) >= 11 is 0. The summed E-state index contributed by atoms with van der Waals surface area (Å²) in [6.07, 6.45) is 0. The van der Waals surface area contributed by atoms with Crippen LogP contribution < -0.4 is 5.48 Å². The van der Waals surface area contributed by atoms with Gasteiger partial charge in [-0.05, 0) is 37.1 Å². The number of rotatable bonds is 4. The predicted molar refractivity (Wildman–Crippen MR) is 120 cm³/mol. The third kappa shape index (κ3) is 4.26. The highest BCUT2D eigenvalue weighted by Crippen LogP contribution is 2.37. The van der Waals surface area contributed by atoms with E-state index in [2.05, 4.69) is 10.5 Å². The Kier molecular flexibility index (Phi) is 5.67. The molecule has 0 radical (unpaired) electrons. The maximum atomic E-state index is 13.1. The van der Waals surface area contributed by atoms with Crippen molar-refractivity contribution in [3.8, 4) is 22.4 Å². The zero-order valence-corrected chi connectivity index (χ0v) is 17.3. The van der Waals surface area contributed by atoms with Gasteiger partial charge in [-0.1, -0.05) is 78.4 Å². The van der Waals surface area contributed by atoms with Gasteiger partial charge < -0.3 is 9.82 Å². The Morgan fingerprint density at radius 2 is 1.39 bits per heavy atom. The Morgan fingerprint density at radius 1 is 0.774 bits per heavy atom. The quantitative estimate of drug-likeness (QED) is 0.439. The highest BCUT2D eigenvalue weighted by molar-refractivity contribution is 6.04. The zero-order valence-electron chi connectivity index (χ0n) is 17.3. The Labute approximate surface area is 180 Å². The Morgan fingerprint density at radius 3 is 2.03 bits per heavy atom. The van der Waals surface area contributed by atoms with Crippen LogP contribution in [0.1, 0.15) is 32.0 Å². The van der Waals surface area contributed by atoms with Gasteiger partial charge in [0.05, 0.1) is 11.3 Å². The van der Waals surface area contributed by atoms with Gasteiger partial charge in [0, 0.05) is 16.8 Å². The second-order valence-corrected chi connectivity index (χ2v) is 7.29. The minimum absolute atomic E-state index is 0.385. The number of aryl methyl sites for hydroxylation is 2. The van der Waals surface area contributed by atoms with Gasteiger partial charge in [-0.15, -0.1) is 0 Å². The fraction of sp³-hybridized carbons (Fsp3) is 0.0769. The van der Waals surface area contributed by atoms with E-state index in [-0.39, 0.29) is 0 Å². The van der Waals surface area contributed by atoms with Gasteiger partial charge in [0.2, 0.25) is 0 Å². The van der Waals surface area contributed by atoms with E-state index in [0.29, 0.717) is 16.8 Å². The molecule has 0 aliphatic rings. The molecule has 0 bridgehead atoms. The van der Waals surface area contributed by atoms with Gasteiger partial charge in [0.1, 0.15) is 0 Å². The van der Waals surface area contributed by atoms with E-state index < -0.39 is 11.9 Å². The van der Waals surface area contributed by atoms with Crippen LogP contribution in [0.4, 0.5) is 0 Å². The minimum Gasteiger partial charge on any atom is -0.357 e. The Balaban J connectivity index is 1.71. The third-order valence-corrected chi connectivity index (χ3v) is 5.07. The van der Waals surface area contributed by atoms with E-state index in [0.717, 1.165) is 27.9 Å². The molecule has 0 aliphatic heterocycles. The molecule has 4 aromatic rings. The van der Waals surface area contributed by atoms with Gasteiger partial charge in [0.25, 0.3) is 5.91 Å². The maximum absolute atomic E-state index is 13.1. The lowest BCUT2D eigenvalue weighted by Crippen LogP contribution is -2.27. The van der Waals surface area contributed by atoms with Crippen LogP contribution in [0.2, 0.25) is 0 Å². The molecule has 1 aromatic heterocycles. The number of nitrogens with one attached hydrogen (secondary N) is 2. The molecule has 0 saturated carbocycles. The summed E-state index contributed by atoms with van der Waals surface area (Å²) in [7, 11) is 0. The molecule has 31 heavy (non-hydrogen) atoms. The van der Waals surface area contributed by atoms with Gasteiger partial charge in [-0.2, -0.15) is 5.48 Å². The average molecular weight is 410 g/mol. The molecule has 0 spiro atoms. The molecule has 154 valence electrons. The topological polar surface area (TPSA) is 71.2 Å². The summed E-state index contributed by atoms with van der Waals surface area (Å²) in [5.74, 6) is -1.11. The van der Waals surface area contributed by atoms with Gasteiger partial charge >= 0.3 is 5.97 Å². The van der Waals surface area contributed by atoms with Crippen molar-refractivity contribution < 1.29 is 14.4 Å². The average Bonchev–Trinajstić information content (AvgIpc) is 3.16. The lowest BCUT2D eigenvalue weighted by molar-refractivity contribution is 0.0230. The Hall–Kier alpha value is -4.12. The normalized spacial score (nSPS) is 10.5. The highest BCUT2D eigenvalue weighted by atomic mass is 16.7. The second-order valence-electron chi connectivity index (χ2n) is 7.29. The van der Waals surface area contributed by atoms with E-state index in [9.17, 15) is 9.59 Å². The van der Waals surface area contributed by atoms with Gasteiger partial charge in [0.15, 0.2) is 0 Å². The van der Waals surface area contributed by atoms with Gasteiger partial charge in [-0.25, -0.2) is 4.79 Å².